The van der Waals surface area contributed by atoms with E-state index in [1.54, 1.807) is 0 Å². The lowest BCUT2D eigenvalue weighted by molar-refractivity contribution is 0.444. The normalized spacial score (nSPS) is 14.1. The van der Waals surface area contributed by atoms with Crippen LogP contribution in [0.5, 0.6) is 0 Å². The van der Waals surface area contributed by atoms with Crippen molar-refractivity contribution in [3.8, 4) is 0 Å². The molecule has 0 radical (unpaired) electrons. The second-order valence-corrected chi connectivity index (χ2v) is 3.77. The summed E-state index contributed by atoms with van der Waals surface area (Å²) in [6.45, 7) is 7.78. The summed E-state index contributed by atoms with van der Waals surface area (Å²) in [7, 11) is 0. The van der Waals surface area contributed by atoms with E-state index in [-0.39, 0.29) is 0 Å². The Hall–Kier alpha value is 0.310. The Morgan fingerprint density at radius 3 is 2.30 bits per heavy atom. The Bertz CT molecular complexity index is 67.7. The Labute approximate surface area is 69.0 Å². The van der Waals surface area contributed by atoms with Gasteiger partial charge < -0.3 is 5.32 Å². The Morgan fingerprint density at radius 2 is 2.00 bits per heavy atom. The zero-order valence-electron chi connectivity index (χ0n) is 7.48. The van der Waals surface area contributed by atoms with Crippen LogP contribution in [0.4, 0.5) is 0 Å². The van der Waals surface area contributed by atoms with E-state index in [1.165, 1.54) is 5.75 Å². The van der Waals surface area contributed by atoms with Gasteiger partial charge in [-0.25, -0.2) is 0 Å². The van der Waals surface area contributed by atoms with E-state index >= 15 is 0 Å². The lowest BCUT2D eigenvalue weighted by Crippen LogP contribution is -2.35. The first-order chi connectivity index (χ1) is 4.72. The van der Waals surface area contributed by atoms with Crippen LogP contribution in [0, 0.1) is 5.92 Å². The van der Waals surface area contributed by atoms with Gasteiger partial charge >= 0.3 is 0 Å². The topological polar surface area (TPSA) is 12.0 Å². The summed E-state index contributed by atoms with van der Waals surface area (Å²) in [6.07, 6.45) is 2.16. The number of nitrogens with one attached hydrogen (secondary N) is 1. The van der Waals surface area contributed by atoms with Gasteiger partial charge in [0.15, 0.2) is 0 Å². The van der Waals surface area contributed by atoms with Crippen molar-refractivity contribution in [1.82, 2.24) is 5.32 Å². The van der Waals surface area contributed by atoms with Gasteiger partial charge in [-0.2, -0.15) is 11.8 Å². The zero-order valence-corrected chi connectivity index (χ0v) is 8.29. The van der Waals surface area contributed by atoms with Crippen molar-refractivity contribution >= 4 is 11.8 Å². The van der Waals surface area contributed by atoms with Crippen LogP contribution in [0.1, 0.15) is 20.8 Å². The highest BCUT2D eigenvalue weighted by atomic mass is 32.2. The molecule has 0 heterocycles. The number of rotatable bonds is 5. The highest BCUT2D eigenvalue weighted by Gasteiger charge is 2.09. The van der Waals surface area contributed by atoms with Crippen LogP contribution in [-0.4, -0.2) is 24.6 Å². The predicted molar refractivity (Wildman–Crippen MR) is 50.7 cm³/mol. The third kappa shape index (κ3) is 4.18. The third-order valence-electron chi connectivity index (χ3n) is 1.62. The van der Waals surface area contributed by atoms with Crippen molar-refractivity contribution in [2.24, 2.45) is 5.92 Å². The quantitative estimate of drug-likeness (QED) is 0.662. The fourth-order valence-corrected chi connectivity index (χ4v) is 1.79. The highest BCUT2D eigenvalue weighted by Crippen LogP contribution is 2.06. The van der Waals surface area contributed by atoms with Gasteiger partial charge in [-0.1, -0.05) is 20.8 Å². The molecule has 0 aromatic heterocycles. The van der Waals surface area contributed by atoms with Gasteiger partial charge in [-0.15, -0.1) is 0 Å². The van der Waals surface area contributed by atoms with E-state index in [0.717, 1.165) is 12.5 Å². The van der Waals surface area contributed by atoms with Crippen LogP contribution in [0.2, 0.25) is 0 Å². The molecule has 0 aromatic carbocycles. The molecular weight excluding hydrogens is 142 g/mol. The van der Waals surface area contributed by atoms with Crippen molar-refractivity contribution < 1.29 is 0 Å². The first kappa shape index (κ1) is 10.3. The molecule has 10 heavy (non-hydrogen) atoms. The van der Waals surface area contributed by atoms with Crippen LogP contribution < -0.4 is 5.32 Å². The van der Waals surface area contributed by atoms with E-state index < -0.39 is 0 Å². The molecule has 1 nitrogen and oxygen atoms in total. The maximum absolute atomic E-state index is 3.46. The molecule has 0 bridgehead atoms. The molecule has 1 atom stereocenters. The molecule has 1 N–H and O–H groups in total. The van der Waals surface area contributed by atoms with Crippen molar-refractivity contribution in [3.05, 3.63) is 0 Å². The van der Waals surface area contributed by atoms with Gasteiger partial charge in [0, 0.05) is 11.8 Å². The van der Waals surface area contributed by atoms with E-state index in [0.29, 0.717) is 6.04 Å². The maximum atomic E-state index is 3.46. The van der Waals surface area contributed by atoms with Crippen molar-refractivity contribution in [2.75, 3.05) is 18.6 Å². The van der Waals surface area contributed by atoms with Gasteiger partial charge in [0.25, 0.3) is 0 Å². The van der Waals surface area contributed by atoms with Crippen molar-refractivity contribution in [2.45, 2.75) is 26.8 Å². The summed E-state index contributed by atoms with van der Waals surface area (Å²) in [5.74, 6) is 1.98. The van der Waals surface area contributed by atoms with E-state index in [4.69, 9.17) is 0 Å². The fraction of sp³-hybridized carbons (Fsp3) is 1.00. The van der Waals surface area contributed by atoms with Gasteiger partial charge in [0.05, 0.1) is 0 Å². The van der Waals surface area contributed by atoms with Crippen molar-refractivity contribution in [3.63, 3.8) is 0 Å². The van der Waals surface area contributed by atoms with Crippen LogP contribution in [0.25, 0.3) is 0 Å². The fourth-order valence-electron chi connectivity index (χ4n) is 0.929. The summed E-state index contributed by atoms with van der Waals surface area (Å²) < 4.78 is 0. The predicted octanol–water partition coefficient (Wildman–Crippen LogP) is 1.98. The van der Waals surface area contributed by atoms with Crippen LogP contribution in [0.3, 0.4) is 0 Å². The standard InChI is InChI=1S/C8H19NS/c1-5-9-8(6-10-4)7(2)3/h7-9H,5-6H2,1-4H3. The minimum Gasteiger partial charge on any atom is -0.313 e. The smallest absolute Gasteiger partial charge is 0.0180 e. The summed E-state index contributed by atoms with van der Waals surface area (Å²) >= 11 is 1.92. The second kappa shape index (κ2) is 6.05. The van der Waals surface area contributed by atoms with E-state index in [1.807, 2.05) is 11.8 Å². The minimum atomic E-state index is 0.694. The number of hydrogen-bond donors (Lipinski definition) is 1. The molecule has 0 saturated carbocycles. The number of hydrogen-bond acceptors (Lipinski definition) is 2. The summed E-state index contributed by atoms with van der Waals surface area (Å²) in [5.41, 5.74) is 0. The van der Waals surface area contributed by atoms with Gasteiger partial charge in [0.1, 0.15) is 0 Å². The van der Waals surface area contributed by atoms with E-state index in [9.17, 15) is 0 Å². The summed E-state index contributed by atoms with van der Waals surface area (Å²) in [5, 5.41) is 3.46. The maximum Gasteiger partial charge on any atom is 0.0180 e. The van der Waals surface area contributed by atoms with Crippen LogP contribution in [-0.2, 0) is 0 Å². The molecule has 62 valence electrons. The summed E-state index contributed by atoms with van der Waals surface area (Å²) in [6, 6.07) is 0.694. The molecule has 0 aliphatic carbocycles. The van der Waals surface area contributed by atoms with E-state index in [2.05, 4.69) is 32.3 Å². The average molecular weight is 161 g/mol. The molecule has 2 heteroatoms. The summed E-state index contributed by atoms with van der Waals surface area (Å²) in [4.78, 5) is 0. The molecule has 0 aliphatic rings. The largest absolute Gasteiger partial charge is 0.313 e. The molecule has 0 fully saturated rings. The SMILES string of the molecule is CCNC(CSC)C(C)C. The molecule has 0 spiro atoms. The second-order valence-electron chi connectivity index (χ2n) is 2.86. The Balaban J connectivity index is 3.50. The van der Waals surface area contributed by atoms with Crippen LogP contribution >= 0.6 is 11.8 Å². The first-order valence-electron chi connectivity index (χ1n) is 3.94. The Kier molecular flexibility index (Phi) is 6.24. The van der Waals surface area contributed by atoms with Gasteiger partial charge in [-0.05, 0) is 18.7 Å². The Morgan fingerprint density at radius 1 is 1.40 bits per heavy atom. The molecule has 0 amide bonds. The van der Waals surface area contributed by atoms with Crippen molar-refractivity contribution in [1.29, 1.82) is 0 Å². The molecule has 1 unspecified atom stereocenters. The zero-order chi connectivity index (χ0) is 7.98. The average Bonchev–Trinajstić information content (AvgIpc) is 1.87. The monoisotopic (exact) mass is 161 g/mol. The molecule has 0 rings (SSSR count). The molecule has 0 aliphatic heterocycles. The highest BCUT2D eigenvalue weighted by molar-refractivity contribution is 7.98. The lowest BCUT2D eigenvalue weighted by Gasteiger charge is -2.20. The molecule has 0 aromatic rings. The lowest BCUT2D eigenvalue weighted by atomic mass is 10.1. The van der Waals surface area contributed by atoms with Crippen LogP contribution in [0.15, 0.2) is 0 Å². The minimum absolute atomic E-state index is 0.694. The molecule has 0 saturated heterocycles. The first-order valence-corrected chi connectivity index (χ1v) is 5.34. The van der Waals surface area contributed by atoms with Gasteiger partial charge in [-0.3, -0.25) is 0 Å². The third-order valence-corrected chi connectivity index (χ3v) is 2.31. The van der Waals surface area contributed by atoms with Gasteiger partial charge in [0.2, 0.25) is 0 Å². The number of thioether (sulfide) groups is 1. The molecular formula is C8H19NS.